The topological polar surface area (TPSA) is 57.6 Å². The molecule has 1 fully saturated rings. The van der Waals surface area contributed by atoms with Gasteiger partial charge in [0.2, 0.25) is 0 Å². The average molecular weight is 438 g/mol. The van der Waals surface area contributed by atoms with Crippen molar-refractivity contribution in [2.45, 2.75) is 6.42 Å². The lowest BCUT2D eigenvalue weighted by atomic mass is 10.0. The van der Waals surface area contributed by atoms with E-state index in [0.717, 1.165) is 28.5 Å². The van der Waals surface area contributed by atoms with Gasteiger partial charge in [-0.1, -0.05) is 65.4 Å². The minimum Gasteiger partial charge on any atom is -0.481 e. The fourth-order valence-electron chi connectivity index (χ4n) is 2.57. The van der Waals surface area contributed by atoms with Gasteiger partial charge in [-0.05, 0) is 41.5 Å². The summed E-state index contributed by atoms with van der Waals surface area (Å²) in [7, 11) is 0. The molecule has 0 aromatic heterocycles. The molecule has 2 aromatic rings. The monoisotopic (exact) mass is 437 g/mol. The van der Waals surface area contributed by atoms with E-state index < -0.39 is 5.97 Å². The number of amides is 1. The molecule has 2 aromatic carbocycles. The van der Waals surface area contributed by atoms with Gasteiger partial charge in [-0.25, -0.2) is 0 Å². The predicted molar refractivity (Wildman–Crippen MR) is 114 cm³/mol. The quantitative estimate of drug-likeness (QED) is 0.505. The molecule has 1 heterocycles. The van der Waals surface area contributed by atoms with Crippen molar-refractivity contribution in [2.24, 2.45) is 0 Å². The number of thioether (sulfide) groups is 1. The SMILES string of the molecule is O=C(O)CCN1C(=O)/C(=C/c2cccc(-c3cc(Cl)ccc3Cl)c2)SC1=S. The Morgan fingerprint density at radius 1 is 1.22 bits per heavy atom. The van der Waals surface area contributed by atoms with E-state index in [1.165, 1.54) is 4.90 Å². The molecule has 4 nitrogen and oxygen atoms in total. The molecule has 1 N–H and O–H groups in total. The molecule has 138 valence electrons. The van der Waals surface area contributed by atoms with Gasteiger partial charge in [-0.2, -0.15) is 0 Å². The number of carbonyl (C=O) groups excluding carboxylic acids is 1. The maximum absolute atomic E-state index is 12.5. The molecule has 1 amide bonds. The Kier molecular flexibility index (Phi) is 6.22. The highest BCUT2D eigenvalue weighted by Gasteiger charge is 2.32. The molecule has 0 unspecified atom stereocenters. The molecule has 3 rings (SSSR count). The van der Waals surface area contributed by atoms with Crippen LogP contribution in [0.15, 0.2) is 47.4 Å². The Labute approximate surface area is 175 Å². The van der Waals surface area contributed by atoms with E-state index in [1.54, 1.807) is 24.3 Å². The van der Waals surface area contributed by atoms with E-state index in [-0.39, 0.29) is 18.9 Å². The van der Waals surface area contributed by atoms with Crippen molar-refractivity contribution < 1.29 is 14.7 Å². The van der Waals surface area contributed by atoms with Gasteiger partial charge < -0.3 is 5.11 Å². The summed E-state index contributed by atoms with van der Waals surface area (Å²) in [6, 6.07) is 12.8. The number of hydrogen-bond acceptors (Lipinski definition) is 4. The van der Waals surface area contributed by atoms with Crippen molar-refractivity contribution >= 4 is 69.5 Å². The summed E-state index contributed by atoms with van der Waals surface area (Å²) < 4.78 is 0.363. The molecular formula is C19H13Cl2NO3S2. The minimum atomic E-state index is -0.973. The lowest BCUT2D eigenvalue weighted by molar-refractivity contribution is -0.137. The summed E-state index contributed by atoms with van der Waals surface area (Å²) >= 11 is 18.7. The first-order valence-electron chi connectivity index (χ1n) is 7.88. The zero-order valence-corrected chi connectivity index (χ0v) is 17.0. The lowest BCUT2D eigenvalue weighted by Crippen LogP contribution is -2.30. The van der Waals surface area contributed by atoms with E-state index >= 15 is 0 Å². The van der Waals surface area contributed by atoms with Crippen LogP contribution in [0, 0.1) is 0 Å². The van der Waals surface area contributed by atoms with Crippen LogP contribution >= 0.6 is 47.2 Å². The maximum Gasteiger partial charge on any atom is 0.305 e. The predicted octanol–water partition coefficient (Wildman–Crippen LogP) is 5.34. The Morgan fingerprint density at radius 3 is 2.74 bits per heavy atom. The summed E-state index contributed by atoms with van der Waals surface area (Å²) in [5.74, 6) is -1.25. The van der Waals surface area contributed by atoms with Crippen LogP contribution in [-0.4, -0.2) is 32.7 Å². The van der Waals surface area contributed by atoms with Gasteiger partial charge in [0.15, 0.2) is 0 Å². The van der Waals surface area contributed by atoms with Crippen molar-refractivity contribution in [1.29, 1.82) is 0 Å². The third-order valence-electron chi connectivity index (χ3n) is 3.85. The van der Waals surface area contributed by atoms with E-state index in [9.17, 15) is 9.59 Å². The van der Waals surface area contributed by atoms with Crippen LogP contribution < -0.4 is 0 Å². The van der Waals surface area contributed by atoms with E-state index in [4.69, 9.17) is 40.5 Å². The molecule has 8 heteroatoms. The first kappa shape index (κ1) is 19.9. The zero-order valence-electron chi connectivity index (χ0n) is 13.8. The second-order valence-electron chi connectivity index (χ2n) is 5.73. The molecule has 0 aliphatic carbocycles. The molecule has 0 bridgehead atoms. The lowest BCUT2D eigenvalue weighted by Gasteiger charge is -2.12. The number of rotatable bonds is 5. The van der Waals surface area contributed by atoms with Crippen LogP contribution in [0.1, 0.15) is 12.0 Å². The maximum atomic E-state index is 12.5. The summed E-state index contributed by atoms with van der Waals surface area (Å²) in [5, 5.41) is 9.97. The largest absolute Gasteiger partial charge is 0.481 e. The first-order valence-corrected chi connectivity index (χ1v) is 9.86. The number of carboxylic acids is 1. The van der Waals surface area contributed by atoms with Crippen molar-refractivity contribution in [1.82, 2.24) is 4.90 Å². The van der Waals surface area contributed by atoms with Crippen LogP contribution in [0.4, 0.5) is 0 Å². The Bertz CT molecular complexity index is 975. The Hall–Kier alpha value is -1.86. The first-order chi connectivity index (χ1) is 12.8. The number of nitrogens with zero attached hydrogens (tertiary/aromatic N) is 1. The number of benzene rings is 2. The van der Waals surface area contributed by atoms with E-state index in [1.807, 2.05) is 24.3 Å². The van der Waals surface area contributed by atoms with Gasteiger partial charge in [0.1, 0.15) is 4.32 Å². The van der Waals surface area contributed by atoms with Crippen molar-refractivity contribution in [2.75, 3.05) is 6.54 Å². The third kappa shape index (κ3) is 4.71. The Morgan fingerprint density at radius 2 is 2.00 bits per heavy atom. The second kappa shape index (κ2) is 8.44. The molecule has 0 spiro atoms. The molecule has 1 aliphatic rings. The highest BCUT2D eigenvalue weighted by molar-refractivity contribution is 8.26. The summed E-state index contributed by atoms with van der Waals surface area (Å²) in [5.41, 5.74) is 2.48. The molecule has 0 radical (unpaired) electrons. The molecule has 0 saturated carbocycles. The van der Waals surface area contributed by atoms with E-state index in [2.05, 4.69) is 0 Å². The van der Waals surface area contributed by atoms with E-state index in [0.29, 0.717) is 19.3 Å². The fourth-order valence-corrected chi connectivity index (χ4v) is 4.27. The standard InChI is InChI=1S/C19H13Cl2NO3S2/c20-13-4-5-15(21)14(10-13)12-3-1-2-11(8-12)9-16-18(25)22(19(26)27-16)7-6-17(23)24/h1-5,8-10H,6-7H2,(H,23,24)/b16-9-. The third-order valence-corrected chi connectivity index (χ3v) is 5.79. The number of aliphatic carboxylic acids is 1. The molecule has 1 saturated heterocycles. The molecule has 1 aliphatic heterocycles. The van der Waals surface area contributed by atoms with Gasteiger partial charge >= 0.3 is 5.97 Å². The second-order valence-corrected chi connectivity index (χ2v) is 8.25. The number of hydrogen-bond donors (Lipinski definition) is 1. The van der Waals surface area contributed by atoms with Crippen LogP contribution in [0.25, 0.3) is 17.2 Å². The fraction of sp³-hybridized carbons (Fsp3) is 0.105. The van der Waals surface area contributed by atoms with Gasteiger partial charge in [-0.15, -0.1) is 0 Å². The van der Waals surface area contributed by atoms with Gasteiger partial charge in [0, 0.05) is 22.2 Å². The van der Waals surface area contributed by atoms with Gasteiger partial charge in [-0.3, -0.25) is 14.5 Å². The van der Waals surface area contributed by atoms with Crippen molar-refractivity contribution in [3.8, 4) is 11.1 Å². The highest BCUT2D eigenvalue weighted by Crippen LogP contribution is 2.34. The van der Waals surface area contributed by atoms with Crippen LogP contribution in [-0.2, 0) is 9.59 Å². The van der Waals surface area contributed by atoms with Crippen LogP contribution in [0.3, 0.4) is 0 Å². The highest BCUT2D eigenvalue weighted by atomic mass is 35.5. The normalized spacial score (nSPS) is 15.6. The molecule has 0 atom stereocenters. The summed E-state index contributed by atoms with van der Waals surface area (Å²) in [4.78, 5) is 25.0. The Balaban J connectivity index is 1.88. The number of halogens is 2. The number of carboxylic acid groups (broad SMARTS) is 1. The summed E-state index contributed by atoms with van der Waals surface area (Å²) in [6.07, 6.45) is 1.59. The van der Waals surface area contributed by atoms with Crippen LogP contribution in [0.5, 0.6) is 0 Å². The average Bonchev–Trinajstić information content (AvgIpc) is 2.88. The van der Waals surface area contributed by atoms with Gasteiger partial charge in [0.25, 0.3) is 5.91 Å². The zero-order chi connectivity index (χ0) is 19.6. The minimum absolute atomic E-state index is 0.0650. The smallest absolute Gasteiger partial charge is 0.305 e. The molecule has 27 heavy (non-hydrogen) atoms. The van der Waals surface area contributed by atoms with Crippen molar-refractivity contribution in [3.05, 3.63) is 63.0 Å². The van der Waals surface area contributed by atoms with Crippen molar-refractivity contribution in [3.63, 3.8) is 0 Å². The number of carbonyl (C=O) groups is 2. The summed E-state index contributed by atoms with van der Waals surface area (Å²) in [6.45, 7) is 0.0650. The number of thiocarbonyl (C=S) groups is 1. The van der Waals surface area contributed by atoms with Gasteiger partial charge in [0.05, 0.1) is 11.3 Å². The van der Waals surface area contributed by atoms with Crippen LogP contribution in [0.2, 0.25) is 10.0 Å². The molecular weight excluding hydrogens is 425 g/mol.